The fourth-order valence-corrected chi connectivity index (χ4v) is 5.69. The number of amides is 3. The molecule has 2 aliphatic rings. The van der Waals surface area contributed by atoms with Crippen LogP contribution in [0.4, 0.5) is 20.2 Å². The van der Waals surface area contributed by atoms with Crippen LogP contribution in [0.2, 0.25) is 4.34 Å². The van der Waals surface area contributed by atoms with Gasteiger partial charge in [0, 0.05) is 37.4 Å². The molecule has 218 valence electrons. The first-order chi connectivity index (χ1) is 19.1. The van der Waals surface area contributed by atoms with Gasteiger partial charge in [0.15, 0.2) is 5.75 Å². The first-order valence-electron chi connectivity index (χ1n) is 13.2. The Hall–Kier alpha value is -2.80. The number of ether oxygens (including phenoxy) is 2. The van der Waals surface area contributed by atoms with Crippen LogP contribution in [0.5, 0.6) is 5.75 Å². The first kappa shape index (κ1) is 30.2. The summed E-state index contributed by atoms with van der Waals surface area (Å²) in [6.45, 7) is 2.04. The molecule has 1 aromatic heterocycles. The minimum absolute atomic E-state index is 0.00874. The molecule has 0 unspecified atom stereocenters. The Labute approximate surface area is 240 Å². The van der Waals surface area contributed by atoms with Gasteiger partial charge >= 0.3 is 6.61 Å². The lowest BCUT2D eigenvalue weighted by Crippen LogP contribution is -2.57. The second-order valence-electron chi connectivity index (χ2n) is 10.2. The van der Waals surface area contributed by atoms with E-state index in [9.17, 15) is 23.2 Å². The van der Waals surface area contributed by atoms with Crippen LogP contribution in [0.3, 0.4) is 0 Å². The van der Waals surface area contributed by atoms with Crippen LogP contribution in [0.1, 0.15) is 42.8 Å². The third-order valence-corrected chi connectivity index (χ3v) is 8.04. The summed E-state index contributed by atoms with van der Waals surface area (Å²) in [6.07, 6.45) is 2.89. The van der Waals surface area contributed by atoms with Crippen LogP contribution >= 0.6 is 22.9 Å². The highest BCUT2D eigenvalue weighted by atomic mass is 35.5. The van der Waals surface area contributed by atoms with Gasteiger partial charge in [-0.2, -0.15) is 8.78 Å². The average Bonchev–Trinajstić information content (AvgIpc) is 3.30. The van der Waals surface area contributed by atoms with Crippen molar-refractivity contribution >= 4 is 52.0 Å². The Morgan fingerprint density at radius 3 is 2.62 bits per heavy atom. The molecule has 1 atom stereocenters. The SMILES string of the molecule is CC(C)CN(C1CCC1)[C@H](CNC(=O)c1ccc(Cl)s1)C(=O)Nc1ccc(N2CCOCC2=O)cc1OC(F)F. The number of hydrogen-bond donors (Lipinski definition) is 2. The van der Waals surface area contributed by atoms with E-state index in [0.29, 0.717) is 28.1 Å². The van der Waals surface area contributed by atoms with Crippen molar-refractivity contribution in [3.63, 3.8) is 0 Å². The monoisotopic (exact) mass is 598 g/mol. The van der Waals surface area contributed by atoms with E-state index in [1.165, 1.54) is 17.0 Å². The number of alkyl halides is 2. The minimum atomic E-state index is -3.15. The molecule has 2 fully saturated rings. The summed E-state index contributed by atoms with van der Waals surface area (Å²) in [7, 11) is 0. The highest BCUT2D eigenvalue weighted by molar-refractivity contribution is 7.18. The van der Waals surface area contributed by atoms with Gasteiger partial charge in [-0.15, -0.1) is 11.3 Å². The van der Waals surface area contributed by atoms with Gasteiger partial charge in [0.05, 0.1) is 21.5 Å². The molecule has 13 heteroatoms. The van der Waals surface area contributed by atoms with Crippen molar-refractivity contribution in [1.29, 1.82) is 0 Å². The molecule has 4 rings (SSSR count). The zero-order valence-corrected chi connectivity index (χ0v) is 23.9. The number of nitrogens with one attached hydrogen (secondary N) is 2. The van der Waals surface area contributed by atoms with Crippen LogP contribution < -0.4 is 20.3 Å². The smallest absolute Gasteiger partial charge is 0.387 e. The molecule has 9 nitrogen and oxygen atoms in total. The van der Waals surface area contributed by atoms with Gasteiger partial charge < -0.3 is 25.0 Å². The van der Waals surface area contributed by atoms with E-state index in [2.05, 4.69) is 15.5 Å². The summed E-state index contributed by atoms with van der Waals surface area (Å²) < 4.78 is 37.1. The van der Waals surface area contributed by atoms with Gasteiger partial charge in [-0.1, -0.05) is 31.9 Å². The quantitative estimate of drug-likeness (QED) is 0.370. The van der Waals surface area contributed by atoms with E-state index in [1.54, 1.807) is 18.2 Å². The number of halogens is 3. The second-order valence-corrected chi connectivity index (χ2v) is 11.9. The Balaban J connectivity index is 1.58. The standard InChI is InChI=1S/C27H33ClF2N4O5S/c1-16(2)14-34(17-4-3-5-17)20(13-31-26(37)22-8-9-23(28)40-22)25(36)32-19-7-6-18(12-21(19)39-27(29)30)33-10-11-38-15-24(33)35/h6-9,12,16-17,20,27H,3-5,10-11,13-15H2,1-2H3,(H,31,37)(H,32,36)/t20-/m1/s1. The van der Waals surface area contributed by atoms with Crippen molar-refractivity contribution in [2.24, 2.45) is 5.92 Å². The van der Waals surface area contributed by atoms with Gasteiger partial charge in [0.1, 0.15) is 12.6 Å². The van der Waals surface area contributed by atoms with Crippen LogP contribution in [0.15, 0.2) is 30.3 Å². The number of anilines is 2. The normalized spacial score (nSPS) is 16.8. The Kier molecular flexibility index (Phi) is 10.3. The molecular weight excluding hydrogens is 566 g/mol. The fraction of sp³-hybridized carbons (Fsp3) is 0.519. The van der Waals surface area contributed by atoms with Gasteiger partial charge in [-0.25, -0.2) is 0 Å². The zero-order valence-electron chi connectivity index (χ0n) is 22.3. The van der Waals surface area contributed by atoms with Crippen molar-refractivity contribution in [1.82, 2.24) is 10.2 Å². The largest absolute Gasteiger partial charge is 0.433 e. The molecule has 2 heterocycles. The Morgan fingerprint density at radius 2 is 2.02 bits per heavy atom. The van der Waals surface area contributed by atoms with E-state index < -0.39 is 18.6 Å². The van der Waals surface area contributed by atoms with Crippen LogP contribution in [0, 0.1) is 5.92 Å². The zero-order chi connectivity index (χ0) is 28.8. The molecule has 1 saturated heterocycles. The number of nitrogens with zero attached hydrogens (tertiary/aromatic N) is 2. The maximum Gasteiger partial charge on any atom is 0.387 e. The molecule has 1 aliphatic carbocycles. The molecule has 2 N–H and O–H groups in total. The number of hydrogen-bond acceptors (Lipinski definition) is 7. The molecule has 0 bridgehead atoms. The number of carbonyl (C=O) groups is 3. The maximum atomic E-state index is 13.8. The predicted octanol–water partition coefficient (Wildman–Crippen LogP) is 4.61. The topological polar surface area (TPSA) is 100 Å². The molecular formula is C27H33ClF2N4O5S. The summed E-state index contributed by atoms with van der Waals surface area (Å²) >= 11 is 7.11. The fourth-order valence-electron chi connectivity index (χ4n) is 4.73. The molecule has 40 heavy (non-hydrogen) atoms. The van der Waals surface area contributed by atoms with E-state index in [0.717, 1.165) is 30.6 Å². The van der Waals surface area contributed by atoms with Gasteiger partial charge in [-0.05, 0) is 43.0 Å². The molecule has 1 saturated carbocycles. The molecule has 2 aromatic rings. The average molecular weight is 599 g/mol. The molecule has 0 radical (unpaired) electrons. The summed E-state index contributed by atoms with van der Waals surface area (Å²) in [4.78, 5) is 42.7. The molecule has 1 aliphatic heterocycles. The van der Waals surface area contributed by atoms with Crippen LogP contribution in [-0.2, 0) is 14.3 Å². The van der Waals surface area contributed by atoms with E-state index in [1.807, 2.05) is 13.8 Å². The van der Waals surface area contributed by atoms with E-state index >= 15 is 0 Å². The van der Waals surface area contributed by atoms with Gasteiger partial charge in [0.25, 0.3) is 11.8 Å². The van der Waals surface area contributed by atoms with Crippen molar-refractivity contribution in [3.8, 4) is 5.75 Å². The summed E-state index contributed by atoms with van der Waals surface area (Å²) in [6, 6.07) is 6.94. The van der Waals surface area contributed by atoms with Gasteiger partial charge in [-0.3, -0.25) is 19.3 Å². The highest BCUT2D eigenvalue weighted by Gasteiger charge is 2.36. The summed E-state index contributed by atoms with van der Waals surface area (Å²) in [5.74, 6) is -1.15. The van der Waals surface area contributed by atoms with Crippen molar-refractivity contribution in [3.05, 3.63) is 39.5 Å². The maximum absolute atomic E-state index is 13.8. The van der Waals surface area contributed by atoms with Crippen molar-refractivity contribution < 1.29 is 32.6 Å². The summed E-state index contributed by atoms with van der Waals surface area (Å²) in [5, 5.41) is 5.59. The third kappa shape index (κ3) is 7.68. The highest BCUT2D eigenvalue weighted by Crippen LogP contribution is 2.33. The molecule has 0 spiro atoms. The van der Waals surface area contributed by atoms with Crippen molar-refractivity contribution in [2.45, 2.75) is 51.8 Å². The number of morpholine rings is 1. The number of rotatable bonds is 12. The van der Waals surface area contributed by atoms with E-state index in [4.69, 9.17) is 21.1 Å². The van der Waals surface area contributed by atoms with Gasteiger partial charge in [0.2, 0.25) is 5.91 Å². The predicted molar refractivity (Wildman–Crippen MR) is 150 cm³/mol. The lowest BCUT2D eigenvalue weighted by Gasteiger charge is -2.42. The number of carbonyl (C=O) groups excluding carboxylic acids is 3. The summed E-state index contributed by atoms with van der Waals surface area (Å²) in [5.41, 5.74) is 0.394. The third-order valence-electron chi connectivity index (χ3n) is 6.81. The lowest BCUT2D eigenvalue weighted by atomic mass is 9.89. The Morgan fingerprint density at radius 1 is 1.25 bits per heavy atom. The Bertz CT molecular complexity index is 1210. The minimum Gasteiger partial charge on any atom is -0.433 e. The van der Waals surface area contributed by atoms with Crippen LogP contribution in [-0.4, -0.2) is 74.2 Å². The second kappa shape index (κ2) is 13.7. The number of benzene rings is 1. The lowest BCUT2D eigenvalue weighted by molar-refractivity contribution is -0.125. The number of thiophene rings is 1. The molecule has 3 amide bonds. The first-order valence-corrected chi connectivity index (χ1v) is 14.4. The van der Waals surface area contributed by atoms with E-state index in [-0.39, 0.29) is 54.9 Å². The van der Waals surface area contributed by atoms with Crippen molar-refractivity contribution in [2.75, 3.05) is 43.1 Å². The molecule has 1 aromatic carbocycles. The van der Waals surface area contributed by atoms with Crippen LogP contribution in [0.25, 0.3) is 0 Å².